The Morgan fingerprint density at radius 2 is 1.02 bits per heavy atom. The molecular formula is C37H46N4O4. The maximum atomic E-state index is 14.0. The van der Waals surface area contributed by atoms with Crippen LogP contribution in [-0.2, 0) is 33.9 Å². The zero-order valence-electron chi connectivity index (χ0n) is 27.4. The summed E-state index contributed by atoms with van der Waals surface area (Å²) in [6.07, 6.45) is 0.889. The number of nitrogens with zero attached hydrogens (tertiary/aromatic N) is 4. The first-order valence-corrected chi connectivity index (χ1v) is 15.6. The van der Waals surface area contributed by atoms with Crippen LogP contribution in [-0.4, -0.2) is 73.6 Å². The molecule has 8 nitrogen and oxygen atoms in total. The summed E-state index contributed by atoms with van der Waals surface area (Å²) in [5.41, 5.74) is 1.87. The fraction of sp³-hybridized carbons (Fsp3) is 0.405. The quantitative estimate of drug-likeness (QED) is 0.253. The Kier molecular flexibility index (Phi) is 10.5. The van der Waals surface area contributed by atoms with Crippen LogP contribution >= 0.6 is 0 Å². The predicted octanol–water partition coefficient (Wildman–Crippen LogP) is 5.91. The normalized spacial score (nSPS) is 15.4. The van der Waals surface area contributed by atoms with Gasteiger partial charge < -0.3 is 14.7 Å². The number of amides is 5. The van der Waals surface area contributed by atoms with E-state index >= 15 is 0 Å². The van der Waals surface area contributed by atoms with Crippen LogP contribution < -0.4 is 0 Å². The van der Waals surface area contributed by atoms with E-state index in [-0.39, 0.29) is 24.9 Å². The van der Waals surface area contributed by atoms with Crippen molar-refractivity contribution in [2.45, 2.75) is 84.6 Å². The lowest BCUT2D eigenvalue weighted by Crippen LogP contribution is -2.51. The van der Waals surface area contributed by atoms with Crippen molar-refractivity contribution in [1.82, 2.24) is 19.6 Å². The van der Waals surface area contributed by atoms with Crippen molar-refractivity contribution < 1.29 is 19.2 Å². The molecule has 3 aromatic carbocycles. The molecule has 1 unspecified atom stereocenters. The molecule has 8 heteroatoms. The van der Waals surface area contributed by atoms with E-state index in [9.17, 15) is 19.2 Å². The molecule has 0 aliphatic carbocycles. The second-order valence-electron chi connectivity index (χ2n) is 13.6. The van der Waals surface area contributed by atoms with Gasteiger partial charge in [0.25, 0.3) is 5.91 Å². The second-order valence-corrected chi connectivity index (χ2v) is 13.6. The Morgan fingerprint density at radius 3 is 1.44 bits per heavy atom. The first-order valence-electron chi connectivity index (χ1n) is 15.6. The van der Waals surface area contributed by atoms with Gasteiger partial charge in [-0.1, -0.05) is 91.0 Å². The van der Waals surface area contributed by atoms with Gasteiger partial charge in [-0.25, -0.2) is 4.79 Å². The average Bonchev–Trinajstić information content (AvgIpc) is 3.21. The Morgan fingerprint density at radius 1 is 0.622 bits per heavy atom. The zero-order valence-corrected chi connectivity index (χ0v) is 27.4. The molecule has 0 saturated carbocycles. The molecule has 45 heavy (non-hydrogen) atoms. The van der Waals surface area contributed by atoms with Crippen LogP contribution in [0.25, 0.3) is 0 Å². The summed E-state index contributed by atoms with van der Waals surface area (Å²) >= 11 is 0. The average molecular weight is 611 g/mol. The summed E-state index contributed by atoms with van der Waals surface area (Å²) in [4.78, 5) is 61.4. The molecule has 1 saturated heterocycles. The molecular weight excluding hydrogens is 564 g/mol. The first kappa shape index (κ1) is 33.4. The smallest absolute Gasteiger partial charge is 0.328 e. The molecule has 1 fully saturated rings. The van der Waals surface area contributed by atoms with Crippen molar-refractivity contribution >= 4 is 23.8 Å². The van der Waals surface area contributed by atoms with E-state index in [0.717, 1.165) is 21.6 Å². The lowest BCUT2D eigenvalue weighted by atomic mass is 10.0. The monoisotopic (exact) mass is 610 g/mol. The maximum Gasteiger partial charge on any atom is 0.328 e. The minimum absolute atomic E-state index is 0.258. The van der Waals surface area contributed by atoms with Crippen LogP contribution in [0.1, 0.15) is 64.7 Å². The number of urea groups is 1. The fourth-order valence-corrected chi connectivity index (χ4v) is 5.63. The lowest BCUT2D eigenvalue weighted by molar-refractivity contribution is -0.141. The summed E-state index contributed by atoms with van der Waals surface area (Å²) in [5, 5.41) is 0. The zero-order chi connectivity index (χ0) is 32.8. The van der Waals surface area contributed by atoms with E-state index in [1.807, 2.05) is 133 Å². The van der Waals surface area contributed by atoms with Crippen molar-refractivity contribution in [3.8, 4) is 0 Å². The Hall–Kier alpha value is -4.46. The molecule has 0 N–H and O–H groups in total. The molecule has 3 aromatic rings. The summed E-state index contributed by atoms with van der Waals surface area (Å²) in [7, 11) is 0. The summed E-state index contributed by atoms with van der Waals surface area (Å²) in [5.74, 6) is -1.04. The molecule has 1 aliphatic rings. The van der Waals surface area contributed by atoms with E-state index in [2.05, 4.69) is 0 Å². The van der Waals surface area contributed by atoms with Gasteiger partial charge in [0.15, 0.2) is 0 Å². The highest BCUT2D eigenvalue weighted by atomic mass is 16.2. The lowest BCUT2D eigenvalue weighted by Gasteiger charge is -2.37. The second kappa shape index (κ2) is 14.1. The third-order valence-corrected chi connectivity index (χ3v) is 8.14. The van der Waals surface area contributed by atoms with Crippen molar-refractivity contribution in [3.63, 3.8) is 0 Å². The summed E-state index contributed by atoms with van der Waals surface area (Å²) in [6, 6.07) is 27.6. The van der Waals surface area contributed by atoms with Gasteiger partial charge in [-0.3, -0.25) is 19.3 Å². The molecule has 1 aliphatic heterocycles. The van der Waals surface area contributed by atoms with Gasteiger partial charge in [-0.05, 0) is 71.1 Å². The third-order valence-electron chi connectivity index (χ3n) is 8.14. The number of rotatable bonds is 11. The van der Waals surface area contributed by atoms with Gasteiger partial charge in [-0.15, -0.1) is 0 Å². The van der Waals surface area contributed by atoms with Crippen molar-refractivity contribution in [3.05, 3.63) is 108 Å². The van der Waals surface area contributed by atoms with E-state index in [4.69, 9.17) is 0 Å². The highest BCUT2D eigenvalue weighted by Gasteiger charge is 2.47. The highest BCUT2D eigenvalue weighted by Crippen LogP contribution is 2.26. The third kappa shape index (κ3) is 8.59. The number of carbonyl (C=O) groups is 4. The number of benzene rings is 3. The summed E-state index contributed by atoms with van der Waals surface area (Å²) < 4.78 is 0. The topological polar surface area (TPSA) is 81.2 Å². The number of hydrogen-bond acceptors (Lipinski definition) is 4. The van der Waals surface area contributed by atoms with Crippen LogP contribution in [0.5, 0.6) is 0 Å². The van der Waals surface area contributed by atoms with E-state index in [1.54, 1.807) is 9.80 Å². The van der Waals surface area contributed by atoms with Gasteiger partial charge >= 0.3 is 6.03 Å². The van der Waals surface area contributed by atoms with Crippen molar-refractivity contribution in [2.24, 2.45) is 0 Å². The largest absolute Gasteiger partial charge is 0.332 e. The molecule has 0 spiro atoms. The van der Waals surface area contributed by atoms with Gasteiger partial charge in [0.05, 0.1) is 0 Å². The minimum Gasteiger partial charge on any atom is -0.332 e. The van der Waals surface area contributed by atoms with Gasteiger partial charge in [0.2, 0.25) is 11.8 Å². The number of imide groups is 1. The number of hydrogen-bond donors (Lipinski definition) is 0. The number of aryl methyl sites for hydroxylation is 1. The number of carbonyl (C=O) groups excluding carboxylic acids is 4. The van der Waals surface area contributed by atoms with E-state index in [1.165, 1.54) is 4.90 Å². The highest BCUT2D eigenvalue weighted by molar-refractivity contribution is 6.07. The molecule has 1 heterocycles. The van der Waals surface area contributed by atoms with E-state index in [0.29, 0.717) is 25.9 Å². The van der Waals surface area contributed by atoms with Gasteiger partial charge in [0.1, 0.15) is 19.1 Å². The molecule has 0 aromatic heterocycles. The Bertz CT molecular complexity index is 1460. The van der Waals surface area contributed by atoms with Crippen LogP contribution in [0.15, 0.2) is 91.0 Å². The Balaban J connectivity index is 1.59. The maximum absolute atomic E-state index is 14.0. The molecule has 238 valence electrons. The summed E-state index contributed by atoms with van der Waals surface area (Å²) in [6.45, 7) is 11.7. The van der Waals surface area contributed by atoms with Gasteiger partial charge in [-0.2, -0.15) is 0 Å². The molecule has 0 bridgehead atoms. The first-order chi connectivity index (χ1) is 21.3. The Labute approximate surface area is 267 Å². The molecule has 1 atom stereocenters. The van der Waals surface area contributed by atoms with Crippen LogP contribution in [0.3, 0.4) is 0 Å². The van der Waals surface area contributed by atoms with Crippen LogP contribution in [0, 0.1) is 0 Å². The van der Waals surface area contributed by atoms with Crippen molar-refractivity contribution in [1.29, 1.82) is 0 Å². The SMILES string of the molecule is CC(C)(C)N(Cc1ccccc1)C(=O)CN1C(=O)C(CCc2ccccc2)N(CC(=O)N(Cc2ccccc2)C(C)(C)C)C1=O. The van der Waals surface area contributed by atoms with Gasteiger partial charge in [0, 0.05) is 24.2 Å². The molecule has 4 rings (SSSR count). The standard InChI is InChI=1S/C37H46N4O4/c1-36(2,3)40(24-29-18-12-8-13-19-29)32(42)26-38-31(23-22-28-16-10-7-11-17-28)34(44)39(35(38)45)27-33(43)41(37(4,5)6)25-30-20-14-9-15-21-30/h7-21,31H,22-27H2,1-6H3. The van der Waals surface area contributed by atoms with Crippen molar-refractivity contribution in [2.75, 3.05) is 13.1 Å². The van der Waals surface area contributed by atoms with Crippen LogP contribution in [0.4, 0.5) is 4.79 Å². The van der Waals surface area contributed by atoms with E-state index < -0.39 is 29.1 Å². The predicted molar refractivity (Wildman–Crippen MR) is 176 cm³/mol. The van der Waals surface area contributed by atoms with Crippen LogP contribution in [0.2, 0.25) is 0 Å². The fourth-order valence-electron chi connectivity index (χ4n) is 5.63. The molecule has 5 amide bonds. The minimum atomic E-state index is -0.856. The molecule has 0 radical (unpaired) electrons.